The van der Waals surface area contributed by atoms with Gasteiger partial charge in [-0.25, -0.2) is 9.59 Å². The summed E-state index contributed by atoms with van der Waals surface area (Å²) in [4.78, 5) is 36.5. The summed E-state index contributed by atoms with van der Waals surface area (Å²) >= 11 is 0. The average molecular weight is 351 g/mol. The van der Waals surface area contributed by atoms with Gasteiger partial charge >= 0.3 is 18.0 Å². The maximum Gasteiger partial charge on any atom is 0.408 e. The molecule has 0 aliphatic rings. The van der Waals surface area contributed by atoms with Gasteiger partial charge in [-0.2, -0.15) is 0 Å². The van der Waals surface area contributed by atoms with Crippen LogP contribution in [0.25, 0.3) is 0 Å². The third-order valence-electron chi connectivity index (χ3n) is 3.33. The van der Waals surface area contributed by atoms with Crippen molar-refractivity contribution >= 4 is 18.0 Å². The summed E-state index contributed by atoms with van der Waals surface area (Å²) in [5.41, 5.74) is 0.0723. The van der Waals surface area contributed by atoms with Crippen molar-refractivity contribution in [3.63, 3.8) is 0 Å². The van der Waals surface area contributed by atoms with E-state index in [1.54, 1.807) is 20.8 Å². The fourth-order valence-electron chi connectivity index (χ4n) is 2.24. The second kappa shape index (κ2) is 9.05. The molecule has 0 aliphatic heterocycles. The van der Waals surface area contributed by atoms with Crippen molar-refractivity contribution in [2.45, 2.75) is 38.8 Å². The van der Waals surface area contributed by atoms with Crippen LogP contribution in [0.2, 0.25) is 0 Å². The van der Waals surface area contributed by atoms with Gasteiger partial charge in [0.15, 0.2) is 0 Å². The molecule has 1 aromatic rings. The number of nitrogens with one attached hydrogen (secondary N) is 1. The van der Waals surface area contributed by atoms with Crippen molar-refractivity contribution in [2.75, 3.05) is 14.2 Å². The average Bonchev–Trinajstić information content (AvgIpc) is 2.55. The number of carbonyl (C=O) groups excluding carboxylic acids is 3. The van der Waals surface area contributed by atoms with Crippen LogP contribution in [0.5, 0.6) is 0 Å². The number of ether oxygens (including phenoxy) is 3. The Bertz CT molecular complexity index is 593. The van der Waals surface area contributed by atoms with E-state index in [-0.39, 0.29) is 6.42 Å². The predicted molar refractivity (Wildman–Crippen MR) is 90.8 cm³/mol. The van der Waals surface area contributed by atoms with Gasteiger partial charge < -0.3 is 19.5 Å². The molecule has 7 heteroatoms. The van der Waals surface area contributed by atoms with E-state index in [4.69, 9.17) is 14.2 Å². The Hall–Kier alpha value is -2.57. The van der Waals surface area contributed by atoms with Gasteiger partial charge in [0.25, 0.3) is 0 Å². The van der Waals surface area contributed by atoms with Gasteiger partial charge in [-0.3, -0.25) is 4.79 Å². The topological polar surface area (TPSA) is 90.9 Å². The summed E-state index contributed by atoms with van der Waals surface area (Å²) in [6, 6.07) is 7.88. The minimum atomic E-state index is -1.23. The van der Waals surface area contributed by atoms with E-state index < -0.39 is 35.6 Å². The first-order chi connectivity index (χ1) is 11.7. The molecular weight excluding hydrogens is 326 g/mol. The smallest absolute Gasteiger partial charge is 0.408 e. The molecule has 0 heterocycles. The highest BCUT2D eigenvalue weighted by Crippen LogP contribution is 2.17. The van der Waals surface area contributed by atoms with Gasteiger partial charge in [-0.15, -0.1) is 0 Å². The van der Waals surface area contributed by atoms with Gasteiger partial charge in [0, 0.05) is 0 Å². The molecule has 7 nitrogen and oxygen atoms in total. The molecule has 1 amide bonds. The number of hydrogen-bond acceptors (Lipinski definition) is 6. The zero-order valence-electron chi connectivity index (χ0n) is 15.2. The second-order valence-electron chi connectivity index (χ2n) is 6.47. The van der Waals surface area contributed by atoms with Gasteiger partial charge in [-0.1, -0.05) is 30.3 Å². The van der Waals surface area contributed by atoms with Crippen molar-refractivity contribution in [1.29, 1.82) is 0 Å². The van der Waals surface area contributed by atoms with Crippen molar-refractivity contribution in [3.8, 4) is 0 Å². The molecule has 0 aromatic heterocycles. The zero-order chi connectivity index (χ0) is 19.0. The molecule has 0 aliphatic carbocycles. The summed E-state index contributed by atoms with van der Waals surface area (Å²) in [6.07, 6.45) is -0.617. The quantitative estimate of drug-likeness (QED) is 0.623. The Labute approximate surface area is 147 Å². The van der Waals surface area contributed by atoms with Crippen LogP contribution in [-0.2, 0) is 30.2 Å². The molecule has 0 saturated heterocycles. The summed E-state index contributed by atoms with van der Waals surface area (Å²) in [5, 5.41) is 2.42. The molecule has 0 fully saturated rings. The summed E-state index contributed by atoms with van der Waals surface area (Å²) in [7, 11) is 2.41. The van der Waals surface area contributed by atoms with E-state index in [1.165, 1.54) is 14.2 Å². The lowest BCUT2D eigenvalue weighted by atomic mass is 9.92. The van der Waals surface area contributed by atoms with Crippen LogP contribution in [0.3, 0.4) is 0 Å². The Morgan fingerprint density at radius 2 is 1.56 bits per heavy atom. The lowest BCUT2D eigenvalue weighted by molar-refractivity contribution is -0.154. The first-order valence-electron chi connectivity index (χ1n) is 7.87. The van der Waals surface area contributed by atoms with E-state index in [0.29, 0.717) is 0 Å². The third kappa shape index (κ3) is 6.82. The predicted octanol–water partition coefficient (Wildman–Crippen LogP) is 2.08. The minimum absolute atomic E-state index is 0.197. The third-order valence-corrected chi connectivity index (χ3v) is 3.33. The SMILES string of the molecule is COC(=O)[C@H](Cc1ccccc1)[C@@H](NC(=O)OC(C)(C)C)C(=O)OC. The van der Waals surface area contributed by atoms with E-state index in [9.17, 15) is 14.4 Å². The lowest BCUT2D eigenvalue weighted by Crippen LogP contribution is -2.51. The molecule has 0 bridgehead atoms. The Balaban J connectivity index is 3.06. The second-order valence-corrected chi connectivity index (χ2v) is 6.47. The largest absolute Gasteiger partial charge is 0.469 e. The van der Waals surface area contributed by atoms with Gasteiger partial charge in [-0.05, 0) is 32.8 Å². The molecule has 1 rings (SSSR count). The van der Waals surface area contributed by atoms with Crippen molar-refractivity contribution in [1.82, 2.24) is 5.32 Å². The summed E-state index contributed by atoms with van der Waals surface area (Å²) in [5.74, 6) is -2.33. The molecule has 0 unspecified atom stereocenters. The van der Waals surface area contributed by atoms with Crippen LogP contribution in [0.15, 0.2) is 30.3 Å². The fraction of sp³-hybridized carbons (Fsp3) is 0.500. The first-order valence-corrected chi connectivity index (χ1v) is 7.87. The van der Waals surface area contributed by atoms with Crippen molar-refractivity contribution in [3.05, 3.63) is 35.9 Å². The number of esters is 2. The molecule has 25 heavy (non-hydrogen) atoms. The highest BCUT2D eigenvalue weighted by atomic mass is 16.6. The molecule has 0 spiro atoms. The Morgan fingerprint density at radius 1 is 1.00 bits per heavy atom. The molecule has 138 valence electrons. The molecule has 2 atom stereocenters. The van der Waals surface area contributed by atoms with Gasteiger partial charge in [0.1, 0.15) is 11.6 Å². The lowest BCUT2D eigenvalue weighted by Gasteiger charge is -2.26. The molecule has 0 saturated carbocycles. The molecule has 1 aromatic carbocycles. The number of methoxy groups -OCH3 is 2. The van der Waals surface area contributed by atoms with Crippen molar-refractivity contribution < 1.29 is 28.6 Å². The Kier molecular flexibility index (Phi) is 7.42. The zero-order valence-corrected chi connectivity index (χ0v) is 15.2. The monoisotopic (exact) mass is 351 g/mol. The van der Waals surface area contributed by atoms with E-state index in [1.807, 2.05) is 30.3 Å². The fourth-order valence-corrected chi connectivity index (χ4v) is 2.24. The van der Waals surface area contributed by atoms with Gasteiger partial charge in [0.05, 0.1) is 20.1 Å². The van der Waals surface area contributed by atoms with Crippen LogP contribution in [-0.4, -0.2) is 43.9 Å². The highest BCUT2D eigenvalue weighted by molar-refractivity contribution is 5.88. The van der Waals surface area contributed by atoms with E-state index in [2.05, 4.69) is 5.32 Å². The highest BCUT2D eigenvalue weighted by Gasteiger charge is 2.37. The van der Waals surface area contributed by atoms with Crippen molar-refractivity contribution in [2.24, 2.45) is 5.92 Å². The van der Waals surface area contributed by atoms with Crippen LogP contribution < -0.4 is 5.32 Å². The maximum atomic E-state index is 12.2. The van der Waals surface area contributed by atoms with E-state index in [0.717, 1.165) is 5.56 Å². The summed E-state index contributed by atoms with van der Waals surface area (Å²) in [6.45, 7) is 5.09. The first kappa shape index (κ1) is 20.5. The number of alkyl carbamates (subject to hydrolysis) is 1. The van der Waals surface area contributed by atoms with E-state index >= 15 is 0 Å². The molecular formula is C18H25NO6. The van der Waals surface area contributed by atoms with Crippen LogP contribution in [0.1, 0.15) is 26.3 Å². The van der Waals surface area contributed by atoms with Gasteiger partial charge in [0.2, 0.25) is 0 Å². The Morgan fingerprint density at radius 3 is 2.04 bits per heavy atom. The van der Waals surface area contributed by atoms with Crippen LogP contribution in [0.4, 0.5) is 4.79 Å². The standard InChI is InChI=1S/C18H25NO6/c1-18(2,3)25-17(22)19-14(16(21)24-5)13(15(20)23-4)11-12-9-7-6-8-10-12/h6-10,13-14H,11H2,1-5H3,(H,19,22)/t13-,14-/m1/s1. The number of rotatable bonds is 6. The molecule has 1 N–H and O–H groups in total. The number of amides is 1. The number of hydrogen-bond donors (Lipinski definition) is 1. The minimum Gasteiger partial charge on any atom is -0.469 e. The number of benzene rings is 1. The van der Waals surface area contributed by atoms with Crippen LogP contribution >= 0.6 is 0 Å². The van der Waals surface area contributed by atoms with Crippen LogP contribution in [0, 0.1) is 5.92 Å². The normalized spacial score (nSPS) is 13.3. The molecule has 0 radical (unpaired) electrons. The maximum absolute atomic E-state index is 12.2. The summed E-state index contributed by atoms with van der Waals surface area (Å²) < 4.78 is 14.7. The number of carbonyl (C=O) groups is 3.